The molecular weight excluding hydrogens is 510 g/mol. The fourth-order valence-electron chi connectivity index (χ4n) is 4.30. The standard InChI is InChI=1S/C28H26ClN3O6/c1-17-2-4-20(29)12-23(17)31-26(33)15-36-22-7-5-21(6-8-22)32-14-19(11-27(32)34)28(35)30-13-18-3-9-24-25(10-18)38-16-37-24/h2-10,12,19H,11,13-16H2,1H3,(H,30,35)(H,31,33)/t19-/m0/s1. The van der Waals surface area contributed by atoms with Crippen molar-refractivity contribution >= 4 is 40.7 Å². The molecule has 2 heterocycles. The zero-order valence-corrected chi connectivity index (χ0v) is 21.4. The Hall–Kier alpha value is -4.24. The van der Waals surface area contributed by atoms with E-state index in [1.807, 2.05) is 31.2 Å². The van der Waals surface area contributed by atoms with E-state index < -0.39 is 5.92 Å². The van der Waals surface area contributed by atoms with Crippen molar-refractivity contribution in [3.05, 3.63) is 76.8 Å². The summed E-state index contributed by atoms with van der Waals surface area (Å²) in [7, 11) is 0. The Bertz CT molecular complexity index is 1380. The monoisotopic (exact) mass is 535 g/mol. The quantitative estimate of drug-likeness (QED) is 0.450. The summed E-state index contributed by atoms with van der Waals surface area (Å²) in [4.78, 5) is 39.2. The zero-order chi connectivity index (χ0) is 26.6. The molecule has 0 bridgehead atoms. The molecule has 1 fully saturated rings. The summed E-state index contributed by atoms with van der Waals surface area (Å²) in [5.74, 6) is 0.747. The van der Waals surface area contributed by atoms with Crippen LogP contribution in [0.1, 0.15) is 17.5 Å². The van der Waals surface area contributed by atoms with Crippen LogP contribution in [0, 0.1) is 12.8 Å². The number of ether oxygens (including phenoxy) is 3. The number of aryl methyl sites for hydroxylation is 1. The molecular formula is C28H26ClN3O6. The number of nitrogens with one attached hydrogen (secondary N) is 2. The Morgan fingerprint density at radius 2 is 1.84 bits per heavy atom. The SMILES string of the molecule is Cc1ccc(Cl)cc1NC(=O)COc1ccc(N2C[C@@H](C(=O)NCc3ccc4c(c3)OCO4)CC2=O)cc1. The third kappa shape index (κ3) is 5.84. The van der Waals surface area contributed by atoms with Crippen molar-refractivity contribution in [3.63, 3.8) is 0 Å². The van der Waals surface area contributed by atoms with E-state index in [2.05, 4.69) is 10.6 Å². The maximum Gasteiger partial charge on any atom is 0.262 e. The van der Waals surface area contributed by atoms with Crippen LogP contribution in [-0.4, -0.2) is 37.7 Å². The lowest BCUT2D eigenvalue weighted by Gasteiger charge is -2.17. The maximum atomic E-state index is 12.7. The van der Waals surface area contributed by atoms with Crippen LogP contribution < -0.4 is 29.7 Å². The van der Waals surface area contributed by atoms with Crippen molar-refractivity contribution in [1.29, 1.82) is 0 Å². The van der Waals surface area contributed by atoms with Crippen LogP contribution in [0.15, 0.2) is 60.7 Å². The van der Waals surface area contributed by atoms with Crippen LogP contribution in [0.25, 0.3) is 0 Å². The highest BCUT2D eigenvalue weighted by Crippen LogP contribution is 2.32. The maximum absolute atomic E-state index is 12.7. The molecule has 38 heavy (non-hydrogen) atoms. The fourth-order valence-corrected chi connectivity index (χ4v) is 4.48. The minimum absolute atomic E-state index is 0.127. The van der Waals surface area contributed by atoms with Gasteiger partial charge >= 0.3 is 0 Å². The second kappa shape index (κ2) is 11.0. The molecule has 3 amide bonds. The van der Waals surface area contributed by atoms with Crippen LogP contribution in [0.3, 0.4) is 0 Å². The van der Waals surface area contributed by atoms with Gasteiger partial charge in [-0.15, -0.1) is 0 Å². The zero-order valence-electron chi connectivity index (χ0n) is 20.7. The molecule has 0 unspecified atom stereocenters. The molecule has 196 valence electrons. The number of anilines is 2. The van der Waals surface area contributed by atoms with Crippen LogP contribution >= 0.6 is 11.6 Å². The first-order chi connectivity index (χ1) is 18.4. The van der Waals surface area contributed by atoms with Gasteiger partial charge in [0.1, 0.15) is 5.75 Å². The molecule has 9 nitrogen and oxygen atoms in total. The number of nitrogens with zero attached hydrogens (tertiary/aromatic N) is 1. The van der Waals surface area contributed by atoms with Gasteiger partial charge in [0, 0.05) is 35.9 Å². The van der Waals surface area contributed by atoms with Crippen LogP contribution in [-0.2, 0) is 20.9 Å². The topological polar surface area (TPSA) is 106 Å². The molecule has 0 saturated carbocycles. The summed E-state index contributed by atoms with van der Waals surface area (Å²) in [5.41, 5.74) is 3.06. The number of carbonyl (C=O) groups is 3. The van der Waals surface area contributed by atoms with Crippen molar-refractivity contribution in [2.75, 3.05) is 30.2 Å². The Morgan fingerprint density at radius 1 is 1.05 bits per heavy atom. The van der Waals surface area contributed by atoms with E-state index in [0.29, 0.717) is 40.2 Å². The number of hydrogen-bond acceptors (Lipinski definition) is 6. The van der Waals surface area contributed by atoms with E-state index in [0.717, 1.165) is 11.1 Å². The van der Waals surface area contributed by atoms with Crippen LogP contribution in [0.2, 0.25) is 5.02 Å². The molecule has 3 aromatic rings. The van der Waals surface area contributed by atoms with Gasteiger partial charge in [0.05, 0.1) is 5.92 Å². The molecule has 0 aliphatic carbocycles. The van der Waals surface area contributed by atoms with Crippen molar-refractivity contribution in [2.45, 2.75) is 19.9 Å². The van der Waals surface area contributed by atoms with Gasteiger partial charge in [-0.25, -0.2) is 0 Å². The van der Waals surface area contributed by atoms with Gasteiger partial charge in [0.2, 0.25) is 18.6 Å². The Labute approximate surface area is 224 Å². The first kappa shape index (κ1) is 25.4. The molecule has 5 rings (SSSR count). The molecule has 0 radical (unpaired) electrons. The predicted octanol–water partition coefficient (Wildman–Crippen LogP) is 4.06. The molecule has 0 aromatic heterocycles. The van der Waals surface area contributed by atoms with Gasteiger partial charge in [0.15, 0.2) is 18.1 Å². The van der Waals surface area contributed by atoms with E-state index in [1.165, 1.54) is 0 Å². The van der Waals surface area contributed by atoms with Gasteiger partial charge in [-0.2, -0.15) is 0 Å². The van der Waals surface area contributed by atoms with E-state index in [9.17, 15) is 14.4 Å². The summed E-state index contributed by atoms with van der Waals surface area (Å²) in [6.45, 7) is 2.50. The van der Waals surface area contributed by atoms with Gasteiger partial charge < -0.3 is 29.7 Å². The highest BCUT2D eigenvalue weighted by Gasteiger charge is 2.35. The average Bonchev–Trinajstić information content (AvgIpc) is 3.54. The highest BCUT2D eigenvalue weighted by atomic mass is 35.5. The van der Waals surface area contributed by atoms with Gasteiger partial charge in [-0.05, 0) is 66.6 Å². The molecule has 3 aromatic carbocycles. The van der Waals surface area contributed by atoms with Gasteiger partial charge in [-0.1, -0.05) is 23.7 Å². The number of amides is 3. The summed E-state index contributed by atoms with van der Waals surface area (Å²) < 4.78 is 16.3. The Kier molecular flexibility index (Phi) is 7.37. The molecule has 2 N–H and O–H groups in total. The lowest BCUT2D eigenvalue weighted by atomic mass is 10.1. The van der Waals surface area contributed by atoms with Crippen molar-refractivity contribution < 1.29 is 28.6 Å². The lowest BCUT2D eigenvalue weighted by Crippen LogP contribution is -2.32. The third-order valence-electron chi connectivity index (χ3n) is 6.39. The number of benzene rings is 3. The molecule has 10 heteroatoms. The predicted molar refractivity (Wildman–Crippen MR) is 142 cm³/mol. The largest absolute Gasteiger partial charge is 0.484 e. The second-order valence-corrected chi connectivity index (χ2v) is 9.54. The summed E-state index contributed by atoms with van der Waals surface area (Å²) in [6.07, 6.45) is 0.133. The first-order valence-electron chi connectivity index (χ1n) is 12.1. The molecule has 0 spiro atoms. The lowest BCUT2D eigenvalue weighted by molar-refractivity contribution is -0.126. The molecule has 1 saturated heterocycles. The molecule has 2 aliphatic heterocycles. The normalized spacial score (nSPS) is 15.9. The number of carbonyl (C=O) groups excluding carboxylic acids is 3. The van der Waals surface area contributed by atoms with E-state index in [-0.39, 0.29) is 44.1 Å². The van der Waals surface area contributed by atoms with Gasteiger partial charge in [0.25, 0.3) is 5.91 Å². The fraction of sp³-hybridized carbons (Fsp3) is 0.250. The highest BCUT2D eigenvalue weighted by molar-refractivity contribution is 6.31. The minimum Gasteiger partial charge on any atom is -0.484 e. The third-order valence-corrected chi connectivity index (χ3v) is 6.63. The number of rotatable bonds is 8. The van der Waals surface area contributed by atoms with E-state index >= 15 is 0 Å². The number of halogens is 1. The minimum atomic E-state index is -0.453. The smallest absolute Gasteiger partial charge is 0.262 e. The molecule has 1 atom stereocenters. The second-order valence-electron chi connectivity index (χ2n) is 9.10. The summed E-state index contributed by atoms with van der Waals surface area (Å²) >= 11 is 6.00. The average molecular weight is 536 g/mol. The van der Waals surface area contributed by atoms with Crippen molar-refractivity contribution in [3.8, 4) is 17.2 Å². The molecule has 2 aliphatic rings. The van der Waals surface area contributed by atoms with E-state index in [1.54, 1.807) is 41.3 Å². The van der Waals surface area contributed by atoms with Gasteiger partial charge in [-0.3, -0.25) is 14.4 Å². The van der Waals surface area contributed by atoms with Crippen molar-refractivity contribution in [1.82, 2.24) is 5.32 Å². The van der Waals surface area contributed by atoms with Crippen LogP contribution in [0.4, 0.5) is 11.4 Å². The van der Waals surface area contributed by atoms with Crippen molar-refractivity contribution in [2.24, 2.45) is 5.92 Å². The summed E-state index contributed by atoms with van der Waals surface area (Å²) in [5, 5.41) is 6.22. The Morgan fingerprint density at radius 3 is 2.66 bits per heavy atom. The number of hydrogen-bond donors (Lipinski definition) is 2. The van der Waals surface area contributed by atoms with Crippen LogP contribution in [0.5, 0.6) is 17.2 Å². The summed E-state index contributed by atoms with van der Waals surface area (Å²) in [6, 6.07) is 17.6. The van der Waals surface area contributed by atoms with E-state index in [4.69, 9.17) is 25.8 Å². The Balaban J connectivity index is 1.11. The first-order valence-corrected chi connectivity index (χ1v) is 12.5. The number of fused-ring (bicyclic) bond motifs is 1.